The Kier molecular flexibility index (Phi) is 4.24. The third kappa shape index (κ3) is 3.37. The lowest BCUT2D eigenvalue weighted by Crippen LogP contribution is -2.16. The SMILES string of the molecule is Cc1cccc([N+](=O)[O-])c1S(=O)(=O)Nc1cc(Br)ccn1. The Bertz CT molecular complexity index is 808. The number of benzene rings is 1. The first-order valence-electron chi connectivity index (χ1n) is 5.69. The number of sulfonamides is 1. The molecule has 2 rings (SSSR count). The summed E-state index contributed by atoms with van der Waals surface area (Å²) < 4.78 is 27.6. The highest BCUT2D eigenvalue weighted by Gasteiger charge is 2.28. The molecule has 0 radical (unpaired) electrons. The van der Waals surface area contributed by atoms with Gasteiger partial charge in [-0.25, -0.2) is 13.4 Å². The van der Waals surface area contributed by atoms with E-state index >= 15 is 0 Å². The van der Waals surface area contributed by atoms with Gasteiger partial charge in [0.05, 0.1) is 4.92 Å². The van der Waals surface area contributed by atoms with Crippen molar-refractivity contribution in [3.63, 3.8) is 0 Å². The highest BCUT2D eigenvalue weighted by Crippen LogP contribution is 2.28. The maximum Gasteiger partial charge on any atom is 0.290 e. The molecule has 9 heteroatoms. The molecule has 1 aromatic heterocycles. The maximum atomic E-state index is 12.4. The summed E-state index contributed by atoms with van der Waals surface area (Å²) in [5.41, 5.74) is -0.191. The molecule has 0 unspecified atom stereocenters. The summed E-state index contributed by atoms with van der Waals surface area (Å²) >= 11 is 3.20. The fraction of sp³-hybridized carbons (Fsp3) is 0.0833. The van der Waals surface area contributed by atoms with Gasteiger partial charge in [0.1, 0.15) is 5.82 Å². The Morgan fingerprint density at radius 3 is 2.67 bits per heavy atom. The fourth-order valence-electron chi connectivity index (χ4n) is 1.78. The summed E-state index contributed by atoms with van der Waals surface area (Å²) in [5.74, 6) is 0.0712. The third-order valence-corrected chi connectivity index (χ3v) is 4.66. The molecule has 21 heavy (non-hydrogen) atoms. The summed E-state index contributed by atoms with van der Waals surface area (Å²) in [7, 11) is -4.11. The van der Waals surface area contributed by atoms with E-state index in [1.165, 1.54) is 31.3 Å². The van der Waals surface area contributed by atoms with Crippen LogP contribution in [-0.2, 0) is 10.0 Å². The van der Waals surface area contributed by atoms with Gasteiger partial charge in [-0.1, -0.05) is 28.1 Å². The Labute approximate surface area is 129 Å². The van der Waals surface area contributed by atoms with E-state index in [2.05, 4.69) is 25.6 Å². The first-order chi connectivity index (χ1) is 9.81. The van der Waals surface area contributed by atoms with Crippen LogP contribution in [0.2, 0.25) is 0 Å². The molecule has 0 saturated heterocycles. The fourth-order valence-corrected chi connectivity index (χ4v) is 3.51. The van der Waals surface area contributed by atoms with Crippen molar-refractivity contribution >= 4 is 37.5 Å². The Hall–Kier alpha value is -2.00. The van der Waals surface area contributed by atoms with Gasteiger partial charge >= 0.3 is 0 Å². The number of hydrogen-bond acceptors (Lipinski definition) is 5. The standard InChI is InChI=1S/C12H10BrN3O4S/c1-8-3-2-4-10(16(17)18)12(8)21(19,20)15-11-7-9(13)5-6-14-11/h2-7H,1H3,(H,14,15). The summed E-state index contributed by atoms with van der Waals surface area (Å²) in [6, 6.07) is 7.17. The number of nitrogens with one attached hydrogen (secondary N) is 1. The maximum absolute atomic E-state index is 12.4. The van der Waals surface area contributed by atoms with Crippen LogP contribution >= 0.6 is 15.9 Å². The smallest absolute Gasteiger partial charge is 0.263 e. The number of halogens is 1. The number of pyridine rings is 1. The second-order valence-electron chi connectivity index (χ2n) is 4.15. The summed E-state index contributed by atoms with van der Waals surface area (Å²) in [5, 5.41) is 11.0. The van der Waals surface area contributed by atoms with E-state index in [4.69, 9.17) is 0 Å². The first-order valence-corrected chi connectivity index (χ1v) is 7.97. The summed E-state index contributed by atoms with van der Waals surface area (Å²) in [6.45, 7) is 1.50. The molecule has 0 bridgehead atoms. The van der Waals surface area contributed by atoms with E-state index in [-0.39, 0.29) is 16.3 Å². The molecule has 0 saturated carbocycles. The summed E-state index contributed by atoms with van der Waals surface area (Å²) in [6.07, 6.45) is 1.41. The van der Waals surface area contributed by atoms with Crippen LogP contribution in [0.15, 0.2) is 45.9 Å². The topological polar surface area (TPSA) is 102 Å². The van der Waals surface area contributed by atoms with Crippen LogP contribution in [-0.4, -0.2) is 18.3 Å². The zero-order valence-corrected chi connectivity index (χ0v) is 13.2. The van der Waals surface area contributed by atoms with Gasteiger partial charge in [0.15, 0.2) is 4.90 Å². The molecular weight excluding hydrogens is 362 g/mol. The van der Waals surface area contributed by atoms with E-state index in [0.29, 0.717) is 4.47 Å². The van der Waals surface area contributed by atoms with Crippen LogP contribution in [0.25, 0.3) is 0 Å². The van der Waals surface area contributed by atoms with Gasteiger partial charge in [0.2, 0.25) is 0 Å². The van der Waals surface area contributed by atoms with Gasteiger partial charge in [0.25, 0.3) is 15.7 Å². The molecule has 0 fully saturated rings. The normalized spacial score (nSPS) is 11.1. The highest BCUT2D eigenvalue weighted by atomic mass is 79.9. The molecule has 0 amide bonds. The lowest BCUT2D eigenvalue weighted by Gasteiger charge is -2.10. The predicted octanol–water partition coefficient (Wildman–Crippen LogP) is 2.86. The van der Waals surface area contributed by atoms with E-state index in [0.717, 1.165) is 6.07 Å². The Morgan fingerprint density at radius 2 is 2.05 bits per heavy atom. The molecule has 0 aliphatic heterocycles. The van der Waals surface area contributed by atoms with E-state index in [1.807, 2.05) is 0 Å². The molecule has 0 aliphatic carbocycles. The minimum atomic E-state index is -4.11. The molecule has 1 N–H and O–H groups in total. The molecule has 110 valence electrons. The molecule has 0 aliphatic rings. The van der Waals surface area contributed by atoms with Crippen LogP contribution in [0.4, 0.5) is 11.5 Å². The van der Waals surface area contributed by atoms with Crippen LogP contribution in [0.3, 0.4) is 0 Å². The number of hydrogen-bond donors (Lipinski definition) is 1. The van der Waals surface area contributed by atoms with Crippen molar-refractivity contribution in [3.8, 4) is 0 Å². The average molecular weight is 372 g/mol. The van der Waals surface area contributed by atoms with Crippen molar-refractivity contribution in [2.45, 2.75) is 11.8 Å². The van der Waals surface area contributed by atoms with Gasteiger partial charge in [-0.15, -0.1) is 0 Å². The van der Waals surface area contributed by atoms with Gasteiger partial charge in [0, 0.05) is 16.7 Å². The molecule has 1 heterocycles. The van der Waals surface area contributed by atoms with Crippen LogP contribution in [0, 0.1) is 17.0 Å². The number of aromatic nitrogens is 1. The third-order valence-electron chi connectivity index (χ3n) is 2.62. The van der Waals surface area contributed by atoms with Crippen molar-refractivity contribution in [1.82, 2.24) is 4.98 Å². The lowest BCUT2D eigenvalue weighted by molar-refractivity contribution is -0.387. The highest BCUT2D eigenvalue weighted by molar-refractivity contribution is 9.10. The van der Waals surface area contributed by atoms with Gasteiger partial charge in [-0.05, 0) is 24.6 Å². The van der Waals surface area contributed by atoms with Crippen LogP contribution in [0.1, 0.15) is 5.56 Å². The zero-order chi connectivity index (χ0) is 15.6. The first kappa shape index (κ1) is 15.4. The van der Waals surface area contributed by atoms with Crippen LogP contribution < -0.4 is 4.72 Å². The molecule has 7 nitrogen and oxygen atoms in total. The molecule has 2 aromatic rings. The minimum Gasteiger partial charge on any atom is -0.263 e. The predicted molar refractivity (Wildman–Crippen MR) is 80.6 cm³/mol. The number of nitro groups is 1. The second-order valence-corrected chi connectivity index (χ2v) is 6.68. The number of aryl methyl sites for hydroxylation is 1. The Balaban J connectivity index is 2.52. The molecule has 1 aromatic carbocycles. The molecular formula is C12H10BrN3O4S. The van der Waals surface area contributed by atoms with Crippen molar-refractivity contribution < 1.29 is 13.3 Å². The quantitative estimate of drug-likeness (QED) is 0.657. The number of nitro benzene ring substituents is 1. The Morgan fingerprint density at radius 1 is 1.33 bits per heavy atom. The minimum absolute atomic E-state index is 0.0712. The second kappa shape index (κ2) is 5.78. The van der Waals surface area contributed by atoms with E-state index in [9.17, 15) is 18.5 Å². The van der Waals surface area contributed by atoms with Crippen molar-refractivity contribution in [2.75, 3.05) is 4.72 Å². The van der Waals surface area contributed by atoms with Crippen molar-refractivity contribution in [2.24, 2.45) is 0 Å². The van der Waals surface area contributed by atoms with Crippen LogP contribution in [0.5, 0.6) is 0 Å². The van der Waals surface area contributed by atoms with Gasteiger partial charge in [-0.2, -0.15) is 0 Å². The average Bonchev–Trinajstić information content (AvgIpc) is 2.37. The number of anilines is 1. The monoisotopic (exact) mass is 371 g/mol. The number of rotatable bonds is 4. The van der Waals surface area contributed by atoms with Gasteiger partial charge < -0.3 is 0 Å². The zero-order valence-electron chi connectivity index (χ0n) is 10.8. The van der Waals surface area contributed by atoms with Crippen molar-refractivity contribution in [1.29, 1.82) is 0 Å². The lowest BCUT2D eigenvalue weighted by atomic mass is 10.2. The van der Waals surface area contributed by atoms with E-state index in [1.54, 1.807) is 6.07 Å². The van der Waals surface area contributed by atoms with Crippen molar-refractivity contribution in [3.05, 3.63) is 56.7 Å². The number of nitrogens with zero attached hydrogens (tertiary/aromatic N) is 2. The largest absolute Gasteiger partial charge is 0.290 e. The molecule has 0 atom stereocenters. The molecule has 0 spiro atoms. The van der Waals surface area contributed by atoms with Gasteiger partial charge in [-0.3, -0.25) is 14.8 Å². The summed E-state index contributed by atoms with van der Waals surface area (Å²) in [4.78, 5) is 13.8. The van der Waals surface area contributed by atoms with E-state index < -0.39 is 20.6 Å².